The first-order valence-electron chi connectivity index (χ1n) is 6.84. The normalized spacial score (nSPS) is 13.2. The van der Waals surface area contributed by atoms with Crippen molar-refractivity contribution in [2.45, 2.75) is 46.1 Å². The molecule has 0 amide bonds. The van der Waals surface area contributed by atoms with Crippen molar-refractivity contribution in [1.82, 2.24) is 0 Å². The van der Waals surface area contributed by atoms with Gasteiger partial charge in [-0.25, -0.2) is 0 Å². The average Bonchev–Trinajstić information content (AvgIpc) is 2.38. The molecule has 0 spiro atoms. The molecule has 0 unspecified atom stereocenters. The molecule has 3 heteroatoms. The number of carbonyl (C=O) groups is 1. The second-order valence-corrected chi connectivity index (χ2v) is 5.18. The minimum Gasteiger partial charge on any atom is -0.490 e. The Bertz CT molecular complexity index is 491. The highest BCUT2D eigenvalue weighted by molar-refractivity contribution is 5.69. The Balaban J connectivity index is 2.82. The maximum Gasteiger partial charge on any atom is 0.304 e. The van der Waals surface area contributed by atoms with E-state index in [4.69, 9.17) is 9.84 Å². The molecule has 0 heterocycles. The van der Waals surface area contributed by atoms with Crippen LogP contribution in [0.2, 0.25) is 0 Å². The van der Waals surface area contributed by atoms with Gasteiger partial charge in [-0.05, 0) is 37.5 Å². The van der Waals surface area contributed by atoms with Crippen LogP contribution in [0.15, 0.2) is 24.3 Å². The number of carboxylic acids is 1. The van der Waals surface area contributed by atoms with Gasteiger partial charge in [0.2, 0.25) is 0 Å². The van der Waals surface area contributed by atoms with Gasteiger partial charge in [0.05, 0.1) is 18.4 Å². The molecule has 1 aromatic rings. The van der Waals surface area contributed by atoms with Gasteiger partial charge in [0.25, 0.3) is 0 Å². The maximum atomic E-state index is 10.9. The highest BCUT2D eigenvalue weighted by Gasteiger charge is 2.14. The second kappa shape index (κ2) is 7.59. The molecule has 1 aromatic carbocycles. The fourth-order valence-electron chi connectivity index (χ4n) is 1.73. The average molecular weight is 274 g/mol. The summed E-state index contributed by atoms with van der Waals surface area (Å²) in [6, 6.07) is 7.53. The molecule has 108 valence electrons. The molecule has 0 aliphatic carbocycles. The number of hydrogen-bond donors (Lipinski definition) is 1. The Morgan fingerprint density at radius 2 is 1.85 bits per heavy atom. The maximum absolute atomic E-state index is 10.9. The van der Waals surface area contributed by atoms with Gasteiger partial charge in [-0.15, -0.1) is 5.92 Å². The zero-order valence-electron chi connectivity index (χ0n) is 12.5. The van der Waals surface area contributed by atoms with Crippen molar-refractivity contribution < 1.29 is 14.6 Å². The van der Waals surface area contributed by atoms with E-state index in [1.54, 1.807) is 6.92 Å². The summed E-state index contributed by atoms with van der Waals surface area (Å²) in [6.07, 6.45) is 0.162. The van der Waals surface area contributed by atoms with Gasteiger partial charge in [0.15, 0.2) is 0 Å². The summed E-state index contributed by atoms with van der Waals surface area (Å²) in [7, 11) is 0. The summed E-state index contributed by atoms with van der Waals surface area (Å²) in [6.45, 7) is 7.97. The summed E-state index contributed by atoms with van der Waals surface area (Å²) < 4.78 is 5.80. The molecule has 0 fully saturated rings. The predicted octanol–water partition coefficient (Wildman–Crippen LogP) is 3.69. The van der Waals surface area contributed by atoms with E-state index in [0.29, 0.717) is 5.92 Å². The lowest BCUT2D eigenvalue weighted by molar-refractivity contribution is -0.137. The van der Waals surface area contributed by atoms with E-state index in [0.717, 1.165) is 11.3 Å². The summed E-state index contributed by atoms with van der Waals surface area (Å²) in [5.41, 5.74) is 0.909. The van der Waals surface area contributed by atoms with Crippen LogP contribution in [0.25, 0.3) is 0 Å². The van der Waals surface area contributed by atoms with E-state index in [-0.39, 0.29) is 18.4 Å². The lowest BCUT2D eigenvalue weighted by Gasteiger charge is -2.18. The third-order valence-electron chi connectivity index (χ3n) is 3.24. The molecule has 2 atom stereocenters. The summed E-state index contributed by atoms with van der Waals surface area (Å²) >= 11 is 0. The molecule has 0 aliphatic heterocycles. The van der Waals surface area contributed by atoms with Crippen LogP contribution < -0.4 is 4.74 Å². The van der Waals surface area contributed by atoms with Gasteiger partial charge in [-0.3, -0.25) is 4.79 Å². The van der Waals surface area contributed by atoms with Crippen LogP contribution >= 0.6 is 0 Å². The van der Waals surface area contributed by atoms with E-state index in [1.807, 2.05) is 31.2 Å². The SMILES string of the molecule is CC#C[C@@H](CC(=O)O)c1ccc(O[C@@H](C)C(C)C)cc1. The second-order valence-electron chi connectivity index (χ2n) is 5.18. The first-order valence-corrected chi connectivity index (χ1v) is 6.84. The van der Waals surface area contributed by atoms with E-state index in [2.05, 4.69) is 25.7 Å². The Morgan fingerprint density at radius 1 is 1.25 bits per heavy atom. The molecule has 0 aromatic heterocycles. The van der Waals surface area contributed by atoms with Crippen LogP contribution in [0.4, 0.5) is 0 Å². The molecule has 20 heavy (non-hydrogen) atoms. The highest BCUT2D eigenvalue weighted by atomic mass is 16.5. The smallest absolute Gasteiger partial charge is 0.304 e. The summed E-state index contributed by atoms with van der Waals surface area (Å²) in [5, 5.41) is 8.91. The number of rotatable bonds is 6. The first kappa shape index (κ1) is 16.1. The van der Waals surface area contributed by atoms with Crippen molar-refractivity contribution in [2.75, 3.05) is 0 Å². The van der Waals surface area contributed by atoms with Gasteiger partial charge < -0.3 is 9.84 Å². The molecule has 0 saturated carbocycles. The van der Waals surface area contributed by atoms with Crippen LogP contribution in [-0.2, 0) is 4.79 Å². The van der Waals surface area contributed by atoms with E-state index < -0.39 is 5.97 Å². The van der Waals surface area contributed by atoms with Crippen molar-refractivity contribution in [3.63, 3.8) is 0 Å². The van der Waals surface area contributed by atoms with Crippen LogP contribution in [-0.4, -0.2) is 17.2 Å². The number of benzene rings is 1. The Morgan fingerprint density at radius 3 is 2.30 bits per heavy atom. The van der Waals surface area contributed by atoms with Crippen molar-refractivity contribution in [2.24, 2.45) is 5.92 Å². The largest absolute Gasteiger partial charge is 0.490 e. The van der Waals surface area contributed by atoms with Crippen molar-refractivity contribution in [3.8, 4) is 17.6 Å². The van der Waals surface area contributed by atoms with Gasteiger partial charge in [-0.2, -0.15) is 0 Å². The van der Waals surface area contributed by atoms with Crippen molar-refractivity contribution >= 4 is 5.97 Å². The molecular weight excluding hydrogens is 252 g/mol. The Kier molecular flexibility index (Phi) is 6.11. The number of ether oxygens (including phenoxy) is 1. The third-order valence-corrected chi connectivity index (χ3v) is 3.24. The standard InChI is InChI=1S/C17H22O3/c1-5-6-15(11-17(18)19)14-7-9-16(10-8-14)20-13(4)12(2)3/h7-10,12-13,15H,11H2,1-4H3,(H,18,19)/t13-,15-/m0/s1. The number of aliphatic carboxylic acids is 1. The zero-order valence-corrected chi connectivity index (χ0v) is 12.5. The van der Waals surface area contributed by atoms with Gasteiger partial charge in [0.1, 0.15) is 5.75 Å². The van der Waals surface area contributed by atoms with E-state index in [1.165, 1.54) is 0 Å². The quantitative estimate of drug-likeness (QED) is 0.805. The van der Waals surface area contributed by atoms with Crippen LogP contribution in [0.5, 0.6) is 5.75 Å². The van der Waals surface area contributed by atoms with Crippen molar-refractivity contribution in [3.05, 3.63) is 29.8 Å². The fourth-order valence-corrected chi connectivity index (χ4v) is 1.73. The van der Waals surface area contributed by atoms with Crippen LogP contribution in [0.3, 0.4) is 0 Å². The lowest BCUT2D eigenvalue weighted by Crippen LogP contribution is -2.18. The van der Waals surface area contributed by atoms with Gasteiger partial charge in [-0.1, -0.05) is 31.9 Å². The van der Waals surface area contributed by atoms with E-state index >= 15 is 0 Å². The predicted molar refractivity (Wildman–Crippen MR) is 79.8 cm³/mol. The molecule has 0 saturated heterocycles. The molecule has 1 N–H and O–H groups in total. The molecular formula is C17H22O3. The molecule has 0 aliphatic rings. The molecule has 1 rings (SSSR count). The summed E-state index contributed by atoms with van der Waals surface area (Å²) in [4.78, 5) is 10.9. The Hall–Kier alpha value is -1.95. The van der Waals surface area contributed by atoms with Crippen molar-refractivity contribution in [1.29, 1.82) is 0 Å². The molecule has 0 radical (unpaired) electrons. The topological polar surface area (TPSA) is 46.5 Å². The highest BCUT2D eigenvalue weighted by Crippen LogP contribution is 2.23. The fraction of sp³-hybridized carbons (Fsp3) is 0.471. The Labute approximate surface area is 121 Å². The van der Waals surface area contributed by atoms with Gasteiger partial charge >= 0.3 is 5.97 Å². The minimum absolute atomic E-state index is 0.0173. The summed E-state index contributed by atoms with van der Waals surface area (Å²) in [5.74, 6) is 5.86. The first-order chi connectivity index (χ1) is 9.43. The van der Waals surface area contributed by atoms with Crippen LogP contribution in [0, 0.1) is 17.8 Å². The van der Waals surface area contributed by atoms with Crippen LogP contribution in [0.1, 0.15) is 45.6 Å². The molecule has 0 bridgehead atoms. The van der Waals surface area contributed by atoms with Gasteiger partial charge in [0, 0.05) is 0 Å². The molecule has 3 nitrogen and oxygen atoms in total. The number of hydrogen-bond acceptors (Lipinski definition) is 2. The lowest BCUT2D eigenvalue weighted by atomic mass is 9.96. The monoisotopic (exact) mass is 274 g/mol. The number of carboxylic acid groups (broad SMARTS) is 1. The minimum atomic E-state index is -0.841. The third kappa shape index (κ3) is 4.97. The van der Waals surface area contributed by atoms with E-state index in [9.17, 15) is 4.79 Å². The zero-order chi connectivity index (χ0) is 15.1.